The molecule has 32 heavy (non-hydrogen) atoms. The van der Waals surface area contributed by atoms with E-state index in [0.717, 1.165) is 11.1 Å². The lowest BCUT2D eigenvalue weighted by atomic mass is 10.1. The first-order chi connectivity index (χ1) is 15.4. The molecule has 0 bridgehead atoms. The summed E-state index contributed by atoms with van der Waals surface area (Å²) in [7, 11) is 0. The van der Waals surface area contributed by atoms with Gasteiger partial charge in [-0.05, 0) is 69.5 Å². The predicted molar refractivity (Wildman–Crippen MR) is 127 cm³/mol. The van der Waals surface area contributed by atoms with E-state index in [4.69, 9.17) is 21.1 Å². The summed E-state index contributed by atoms with van der Waals surface area (Å²) in [6.07, 6.45) is 0.795. The van der Waals surface area contributed by atoms with Crippen LogP contribution in [0.15, 0.2) is 42.5 Å². The SMILES string of the molecule is CCNC(=O)[C@H](C)N(Cc1cccc(Cl)c1)C(=O)CCc1ccc(OCC)c(OCC)c1. The van der Waals surface area contributed by atoms with E-state index in [2.05, 4.69) is 5.32 Å². The molecule has 0 aromatic heterocycles. The highest BCUT2D eigenvalue weighted by molar-refractivity contribution is 6.30. The zero-order valence-corrected chi connectivity index (χ0v) is 20.1. The van der Waals surface area contributed by atoms with Crippen LogP contribution in [0, 0.1) is 0 Å². The third-order valence-corrected chi connectivity index (χ3v) is 5.23. The fourth-order valence-corrected chi connectivity index (χ4v) is 3.60. The van der Waals surface area contributed by atoms with Crippen molar-refractivity contribution < 1.29 is 19.1 Å². The summed E-state index contributed by atoms with van der Waals surface area (Å²) < 4.78 is 11.3. The van der Waals surface area contributed by atoms with Gasteiger partial charge in [0.25, 0.3) is 0 Å². The van der Waals surface area contributed by atoms with E-state index in [0.29, 0.717) is 49.2 Å². The first-order valence-corrected chi connectivity index (χ1v) is 11.5. The molecule has 0 aliphatic carbocycles. The predicted octanol–water partition coefficient (Wildman–Crippen LogP) is 4.62. The van der Waals surface area contributed by atoms with Crippen molar-refractivity contribution in [2.24, 2.45) is 0 Å². The number of carbonyl (C=O) groups excluding carboxylic acids is 2. The Labute approximate surface area is 195 Å². The number of ether oxygens (including phenoxy) is 2. The van der Waals surface area contributed by atoms with E-state index >= 15 is 0 Å². The Hall–Kier alpha value is -2.73. The minimum atomic E-state index is -0.597. The first-order valence-electron chi connectivity index (χ1n) is 11.1. The summed E-state index contributed by atoms with van der Waals surface area (Å²) in [5, 5.41) is 3.40. The minimum absolute atomic E-state index is 0.101. The lowest BCUT2D eigenvalue weighted by molar-refractivity contribution is -0.140. The molecule has 0 spiro atoms. The molecular formula is C25H33ClN2O4. The van der Waals surface area contributed by atoms with Crippen molar-refractivity contribution in [1.29, 1.82) is 0 Å². The van der Waals surface area contributed by atoms with Crippen LogP contribution in [-0.4, -0.2) is 42.5 Å². The van der Waals surface area contributed by atoms with Gasteiger partial charge in [-0.15, -0.1) is 0 Å². The Kier molecular flexibility index (Phi) is 10.3. The second-order valence-corrected chi connectivity index (χ2v) is 7.81. The summed E-state index contributed by atoms with van der Waals surface area (Å²) in [5.41, 5.74) is 1.85. The molecule has 2 amide bonds. The van der Waals surface area contributed by atoms with Gasteiger partial charge in [-0.2, -0.15) is 0 Å². The maximum Gasteiger partial charge on any atom is 0.242 e. The van der Waals surface area contributed by atoms with Crippen LogP contribution in [-0.2, 0) is 22.6 Å². The smallest absolute Gasteiger partial charge is 0.242 e. The molecule has 1 atom stereocenters. The van der Waals surface area contributed by atoms with Crippen LogP contribution in [0.3, 0.4) is 0 Å². The molecule has 0 unspecified atom stereocenters. The summed E-state index contributed by atoms with van der Waals surface area (Å²) >= 11 is 6.11. The summed E-state index contributed by atoms with van der Waals surface area (Å²) in [6.45, 7) is 9.34. The van der Waals surface area contributed by atoms with E-state index in [-0.39, 0.29) is 18.2 Å². The van der Waals surface area contributed by atoms with Gasteiger partial charge >= 0.3 is 0 Å². The van der Waals surface area contributed by atoms with E-state index in [1.54, 1.807) is 17.9 Å². The number of carbonyl (C=O) groups is 2. The monoisotopic (exact) mass is 460 g/mol. The second kappa shape index (κ2) is 13.0. The molecule has 0 fully saturated rings. The molecule has 0 saturated carbocycles. The average molecular weight is 461 g/mol. The molecule has 0 radical (unpaired) electrons. The Balaban J connectivity index is 2.16. The third-order valence-electron chi connectivity index (χ3n) is 5.00. The van der Waals surface area contributed by atoms with Gasteiger partial charge in [-0.1, -0.05) is 29.8 Å². The van der Waals surface area contributed by atoms with Gasteiger partial charge in [0.15, 0.2) is 11.5 Å². The van der Waals surface area contributed by atoms with Gasteiger partial charge < -0.3 is 19.7 Å². The fraction of sp³-hybridized carbons (Fsp3) is 0.440. The number of hydrogen-bond acceptors (Lipinski definition) is 4. The largest absolute Gasteiger partial charge is 0.490 e. The number of nitrogens with one attached hydrogen (secondary N) is 1. The highest BCUT2D eigenvalue weighted by Crippen LogP contribution is 2.29. The van der Waals surface area contributed by atoms with Crippen LogP contribution < -0.4 is 14.8 Å². The number of nitrogens with zero attached hydrogens (tertiary/aromatic N) is 1. The van der Waals surface area contributed by atoms with E-state index in [1.165, 1.54) is 0 Å². The zero-order chi connectivity index (χ0) is 23.5. The van der Waals surface area contributed by atoms with Crippen molar-refractivity contribution >= 4 is 23.4 Å². The Morgan fingerprint density at radius 2 is 1.72 bits per heavy atom. The topological polar surface area (TPSA) is 67.9 Å². The average Bonchev–Trinajstić information content (AvgIpc) is 2.77. The lowest BCUT2D eigenvalue weighted by Crippen LogP contribution is -2.47. The Bertz CT molecular complexity index is 903. The molecule has 1 N–H and O–H groups in total. The van der Waals surface area contributed by atoms with Gasteiger partial charge in [0.05, 0.1) is 13.2 Å². The quantitative estimate of drug-likeness (QED) is 0.501. The number of likely N-dealkylation sites (N-methyl/N-ethyl adjacent to an activating group) is 1. The van der Waals surface area contributed by atoms with Crippen molar-refractivity contribution in [3.63, 3.8) is 0 Å². The van der Waals surface area contributed by atoms with E-state index in [9.17, 15) is 9.59 Å². The number of amides is 2. The molecule has 174 valence electrons. The van der Waals surface area contributed by atoms with Gasteiger partial charge in [-0.3, -0.25) is 9.59 Å². The molecule has 0 aliphatic heterocycles. The maximum atomic E-state index is 13.2. The first kappa shape index (κ1) is 25.5. The molecule has 2 rings (SSSR count). The maximum absolute atomic E-state index is 13.2. The van der Waals surface area contributed by atoms with Crippen molar-refractivity contribution in [2.45, 2.75) is 53.1 Å². The molecule has 0 saturated heterocycles. The summed E-state index contributed by atoms with van der Waals surface area (Å²) in [6, 6.07) is 12.5. The number of rotatable bonds is 12. The zero-order valence-electron chi connectivity index (χ0n) is 19.3. The van der Waals surface area contributed by atoms with E-state index in [1.807, 2.05) is 57.2 Å². The van der Waals surface area contributed by atoms with E-state index < -0.39 is 6.04 Å². The van der Waals surface area contributed by atoms with Crippen LogP contribution in [0.1, 0.15) is 45.2 Å². The standard InChI is InChI=1S/C25H33ClN2O4/c1-5-27-25(30)18(4)28(17-20-9-8-10-21(26)15-20)24(29)14-12-19-11-13-22(31-6-2)23(16-19)32-7-3/h8-11,13,15-16,18H,5-7,12,14,17H2,1-4H3,(H,27,30)/t18-/m0/s1. The van der Waals surface area contributed by atoms with Crippen molar-refractivity contribution in [3.05, 3.63) is 58.6 Å². The van der Waals surface area contributed by atoms with Gasteiger partial charge in [0.2, 0.25) is 11.8 Å². The van der Waals surface area contributed by atoms with Crippen LogP contribution in [0.2, 0.25) is 5.02 Å². The lowest BCUT2D eigenvalue weighted by Gasteiger charge is -2.29. The highest BCUT2D eigenvalue weighted by atomic mass is 35.5. The van der Waals surface area contributed by atoms with Crippen LogP contribution >= 0.6 is 11.6 Å². The third kappa shape index (κ3) is 7.45. The van der Waals surface area contributed by atoms with Crippen molar-refractivity contribution in [1.82, 2.24) is 10.2 Å². The number of halogens is 1. The van der Waals surface area contributed by atoms with Gasteiger partial charge in [-0.25, -0.2) is 0 Å². The molecule has 0 heterocycles. The molecule has 2 aromatic carbocycles. The minimum Gasteiger partial charge on any atom is -0.490 e. The molecule has 6 nitrogen and oxygen atoms in total. The van der Waals surface area contributed by atoms with Crippen LogP contribution in [0.4, 0.5) is 0 Å². The molecule has 2 aromatic rings. The fourth-order valence-electron chi connectivity index (χ4n) is 3.38. The van der Waals surface area contributed by atoms with Crippen LogP contribution in [0.5, 0.6) is 11.5 Å². The number of aryl methyl sites for hydroxylation is 1. The van der Waals surface area contributed by atoms with Crippen molar-refractivity contribution in [3.8, 4) is 11.5 Å². The highest BCUT2D eigenvalue weighted by Gasteiger charge is 2.25. The van der Waals surface area contributed by atoms with Gasteiger partial charge in [0, 0.05) is 24.5 Å². The molecule has 7 heteroatoms. The van der Waals surface area contributed by atoms with Crippen LogP contribution in [0.25, 0.3) is 0 Å². The summed E-state index contributed by atoms with van der Waals surface area (Å²) in [5.74, 6) is 1.08. The number of hydrogen-bond donors (Lipinski definition) is 1. The summed E-state index contributed by atoms with van der Waals surface area (Å²) in [4.78, 5) is 27.3. The molecular weight excluding hydrogens is 428 g/mol. The molecule has 0 aliphatic rings. The Morgan fingerprint density at radius 1 is 1.00 bits per heavy atom. The van der Waals surface area contributed by atoms with Crippen molar-refractivity contribution in [2.75, 3.05) is 19.8 Å². The normalized spacial score (nSPS) is 11.5. The van der Waals surface area contributed by atoms with Gasteiger partial charge in [0.1, 0.15) is 6.04 Å². The second-order valence-electron chi connectivity index (χ2n) is 7.37. The number of benzene rings is 2. The Morgan fingerprint density at radius 3 is 2.38 bits per heavy atom.